The van der Waals surface area contributed by atoms with Crippen molar-refractivity contribution in [2.45, 2.75) is 52.4 Å². The number of pyridine rings is 1. The van der Waals surface area contributed by atoms with Crippen molar-refractivity contribution in [2.75, 3.05) is 0 Å². The van der Waals surface area contributed by atoms with Gasteiger partial charge in [0.05, 0.1) is 5.56 Å². The van der Waals surface area contributed by atoms with E-state index in [0.717, 1.165) is 38.5 Å². The molecule has 0 saturated carbocycles. The Labute approximate surface area is 184 Å². The van der Waals surface area contributed by atoms with Crippen LogP contribution in [0.25, 0.3) is 0 Å². The predicted octanol–water partition coefficient (Wildman–Crippen LogP) is 6.22. The summed E-state index contributed by atoms with van der Waals surface area (Å²) in [5.41, 5.74) is 3.65. The zero-order chi connectivity index (χ0) is 22.1. The third kappa shape index (κ3) is 6.35. The number of aryl methyl sites for hydroxylation is 2. The van der Waals surface area contributed by atoms with E-state index in [4.69, 9.17) is 4.74 Å². The second-order valence-electron chi connectivity index (χ2n) is 7.70. The lowest BCUT2D eigenvalue weighted by Crippen LogP contribution is -2.11. The Kier molecular flexibility index (Phi) is 8.11. The van der Waals surface area contributed by atoms with Crippen molar-refractivity contribution in [3.63, 3.8) is 0 Å². The standard InChI is InChI=1S/C27H29NO3/c1-3-5-7-20-9-13-22(14-10-20)26(29)25-18-15-23(19-28-25)27(30)31-24-16-11-21(12-17-24)8-6-4-2/h9-19H,3-8H2,1-2H3. The Morgan fingerprint density at radius 1 is 0.742 bits per heavy atom. The number of ketones is 1. The minimum absolute atomic E-state index is 0.162. The van der Waals surface area contributed by atoms with Gasteiger partial charge in [0.25, 0.3) is 0 Å². The zero-order valence-electron chi connectivity index (χ0n) is 18.3. The summed E-state index contributed by atoms with van der Waals surface area (Å²) >= 11 is 0. The van der Waals surface area contributed by atoms with Crippen molar-refractivity contribution >= 4 is 11.8 Å². The van der Waals surface area contributed by atoms with Crippen molar-refractivity contribution in [1.29, 1.82) is 0 Å². The Balaban J connectivity index is 1.61. The smallest absolute Gasteiger partial charge is 0.345 e. The molecular formula is C27H29NO3. The van der Waals surface area contributed by atoms with Crippen LogP contribution in [0.1, 0.15) is 77.1 Å². The maximum atomic E-state index is 12.7. The molecule has 2 aromatic carbocycles. The molecule has 3 rings (SSSR count). The van der Waals surface area contributed by atoms with Gasteiger partial charge in [0, 0.05) is 11.8 Å². The number of carbonyl (C=O) groups excluding carboxylic acids is 2. The van der Waals surface area contributed by atoms with Gasteiger partial charge in [-0.1, -0.05) is 63.1 Å². The molecule has 0 fully saturated rings. The number of esters is 1. The van der Waals surface area contributed by atoms with Crippen LogP contribution >= 0.6 is 0 Å². The molecule has 1 aromatic heterocycles. The van der Waals surface area contributed by atoms with Crippen LogP contribution in [-0.2, 0) is 12.8 Å². The van der Waals surface area contributed by atoms with E-state index in [0.29, 0.717) is 22.6 Å². The van der Waals surface area contributed by atoms with E-state index < -0.39 is 5.97 Å². The molecule has 160 valence electrons. The molecule has 0 unspecified atom stereocenters. The molecule has 0 aliphatic rings. The molecule has 0 atom stereocenters. The number of benzene rings is 2. The zero-order valence-corrected chi connectivity index (χ0v) is 18.3. The van der Waals surface area contributed by atoms with E-state index in [1.807, 2.05) is 36.4 Å². The topological polar surface area (TPSA) is 56.3 Å². The van der Waals surface area contributed by atoms with Crippen LogP contribution < -0.4 is 4.74 Å². The van der Waals surface area contributed by atoms with E-state index in [1.54, 1.807) is 24.3 Å². The number of unbranched alkanes of at least 4 members (excludes halogenated alkanes) is 2. The molecule has 4 heteroatoms. The van der Waals surface area contributed by atoms with Crippen LogP contribution in [-0.4, -0.2) is 16.7 Å². The quantitative estimate of drug-likeness (QED) is 0.224. The maximum Gasteiger partial charge on any atom is 0.345 e. The molecule has 0 spiro atoms. The van der Waals surface area contributed by atoms with E-state index in [1.165, 1.54) is 17.3 Å². The van der Waals surface area contributed by atoms with Crippen LogP contribution in [0.2, 0.25) is 0 Å². The summed E-state index contributed by atoms with van der Waals surface area (Å²) in [6.07, 6.45) is 7.98. The van der Waals surface area contributed by atoms with E-state index >= 15 is 0 Å². The molecule has 0 aliphatic heterocycles. The average Bonchev–Trinajstić information content (AvgIpc) is 2.82. The second kappa shape index (κ2) is 11.2. The normalized spacial score (nSPS) is 10.6. The number of carbonyl (C=O) groups is 2. The Morgan fingerprint density at radius 3 is 1.81 bits per heavy atom. The lowest BCUT2D eigenvalue weighted by atomic mass is 10.0. The van der Waals surface area contributed by atoms with Gasteiger partial charge in [-0.2, -0.15) is 0 Å². The van der Waals surface area contributed by atoms with Gasteiger partial charge in [0.1, 0.15) is 11.4 Å². The molecule has 0 saturated heterocycles. The molecular weight excluding hydrogens is 386 g/mol. The van der Waals surface area contributed by atoms with Crippen molar-refractivity contribution in [3.8, 4) is 5.75 Å². The highest BCUT2D eigenvalue weighted by Gasteiger charge is 2.14. The molecule has 0 bridgehead atoms. The summed E-state index contributed by atoms with van der Waals surface area (Å²) in [6, 6.07) is 18.4. The Morgan fingerprint density at radius 2 is 1.29 bits per heavy atom. The highest BCUT2D eigenvalue weighted by atomic mass is 16.5. The predicted molar refractivity (Wildman–Crippen MR) is 123 cm³/mol. The third-order valence-corrected chi connectivity index (χ3v) is 5.22. The number of ether oxygens (including phenoxy) is 1. The van der Waals surface area contributed by atoms with Gasteiger partial charge < -0.3 is 4.74 Å². The highest BCUT2D eigenvalue weighted by molar-refractivity contribution is 6.08. The van der Waals surface area contributed by atoms with Gasteiger partial charge >= 0.3 is 5.97 Å². The fourth-order valence-electron chi connectivity index (χ4n) is 3.27. The van der Waals surface area contributed by atoms with Crippen LogP contribution in [0.5, 0.6) is 5.75 Å². The van der Waals surface area contributed by atoms with Crippen molar-refractivity contribution in [1.82, 2.24) is 4.98 Å². The molecule has 0 N–H and O–H groups in total. The first-order valence-corrected chi connectivity index (χ1v) is 11.0. The van der Waals surface area contributed by atoms with Crippen LogP contribution in [0, 0.1) is 0 Å². The van der Waals surface area contributed by atoms with Crippen LogP contribution in [0.4, 0.5) is 0 Å². The first kappa shape index (κ1) is 22.4. The maximum absolute atomic E-state index is 12.7. The largest absolute Gasteiger partial charge is 0.423 e. The highest BCUT2D eigenvalue weighted by Crippen LogP contribution is 2.16. The van der Waals surface area contributed by atoms with Gasteiger partial charge in [-0.25, -0.2) is 4.79 Å². The lowest BCUT2D eigenvalue weighted by Gasteiger charge is -2.07. The van der Waals surface area contributed by atoms with Gasteiger partial charge in [0.2, 0.25) is 5.78 Å². The molecule has 31 heavy (non-hydrogen) atoms. The van der Waals surface area contributed by atoms with Gasteiger partial charge in [-0.15, -0.1) is 0 Å². The van der Waals surface area contributed by atoms with E-state index in [-0.39, 0.29) is 5.78 Å². The molecule has 1 heterocycles. The summed E-state index contributed by atoms with van der Waals surface area (Å²) in [5.74, 6) is -0.161. The summed E-state index contributed by atoms with van der Waals surface area (Å²) in [5, 5.41) is 0. The third-order valence-electron chi connectivity index (χ3n) is 5.22. The monoisotopic (exact) mass is 415 g/mol. The summed E-state index contributed by atoms with van der Waals surface area (Å²) in [6.45, 7) is 4.32. The molecule has 0 aliphatic carbocycles. The van der Waals surface area contributed by atoms with E-state index in [9.17, 15) is 9.59 Å². The minimum Gasteiger partial charge on any atom is -0.423 e. The SMILES string of the molecule is CCCCc1ccc(OC(=O)c2ccc(C(=O)c3ccc(CCCC)cc3)nc2)cc1. The lowest BCUT2D eigenvalue weighted by molar-refractivity contribution is 0.0733. The molecule has 4 nitrogen and oxygen atoms in total. The fraction of sp³-hybridized carbons (Fsp3) is 0.296. The average molecular weight is 416 g/mol. The first-order chi connectivity index (χ1) is 15.1. The molecule has 0 radical (unpaired) electrons. The van der Waals surface area contributed by atoms with Crippen LogP contribution in [0.3, 0.4) is 0 Å². The van der Waals surface area contributed by atoms with Crippen molar-refractivity contribution in [2.24, 2.45) is 0 Å². The van der Waals surface area contributed by atoms with Gasteiger partial charge in [0.15, 0.2) is 0 Å². The van der Waals surface area contributed by atoms with Crippen LogP contribution in [0.15, 0.2) is 66.9 Å². The Hall–Kier alpha value is -3.27. The molecule has 0 amide bonds. The van der Waals surface area contributed by atoms with Gasteiger partial charge in [-0.05, 0) is 61.1 Å². The number of hydrogen-bond acceptors (Lipinski definition) is 4. The Bertz CT molecular complexity index is 990. The summed E-state index contributed by atoms with van der Waals surface area (Å²) in [7, 11) is 0. The summed E-state index contributed by atoms with van der Waals surface area (Å²) < 4.78 is 5.43. The van der Waals surface area contributed by atoms with Crippen molar-refractivity contribution < 1.29 is 14.3 Å². The summed E-state index contributed by atoms with van der Waals surface area (Å²) in [4.78, 5) is 29.3. The number of nitrogens with zero attached hydrogens (tertiary/aromatic N) is 1. The fourth-order valence-corrected chi connectivity index (χ4v) is 3.27. The van der Waals surface area contributed by atoms with Gasteiger partial charge in [-0.3, -0.25) is 9.78 Å². The number of rotatable bonds is 10. The van der Waals surface area contributed by atoms with Crippen molar-refractivity contribution in [3.05, 3.63) is 94.8 Å². The van der Waals surface area contributed by atoms with E-state index in [2.05, 4.69) is 18.8 Å². The number of aromatic nitrogens is 1. The number of hydrogen-bond donors (Lipinski definition) is 0. The second-order valence-corrected chi connectivity index (χ2v) is 7.70. The first-order valence-electron chi connectivity index (χ1n) is 11.0. The molecule has 3 aromatic rings. The minimum atomic E-state index is -0.493.